The van der Waals surface area contributed by atoms with Gasteiger partial charge >= 0.3 is 0 Å². The van der Waals surface area contributed by atoms with Crippen LogP contribution in [0, 0.1) is 0 Å². The van der Waals surface area contributed by atoms with Crippen LogP contribution in [-0.4, -0.2) is 29.1 Å². The minimum absolute atomic E-state index is 0.0358. The Morgan fingerprint density at radius 1 is 0.960 bits per heavy atom. The molecule has 0 spiro atoms. The predicted octanol–water partition coefficient (Wildman–Crippen LogP) is 4.59. The zero-order chi connectivity index (χ0) is 17.1. The minimum Gasteiger partial charge on any atom is -0.286 e. The number of hydrogen-bond acceptors (Lipinski definition) is 3. The van der Waals surface area contributed by atoms with Crippen molar-refractivity contribution in [2.24, 2.45) is 4.99 Å². The Morgan fingerprint density at radius 3 is 2.60 bits per heavy atom. The summed E-state index contributed by atoms with van der Waals surface area (Å²) in [6.07, 6.45) is 0. The topological polar surface area (TPSA) is 32.7 Å². The molecule has 0 unspecified atom stereocenters. The van der Waals surface area contributed by atoms with Crippen LogP contribution in [-0.2, 0) is 5.75 Å². The molecule has 0 saturated carbocycles. The third-order valence-corrected chi connectivity index (χ3v) is 5.36. The van der Waals surface area contributed by atoms with E-state index in [1.807, 2.05) is 65.6 Å². The molecule has 124 valence electrons. The van der Waals surface area contributed by atoms with E-state index in [1.54, 1.807) is 11.8 Å². The van der Waals surface area contributed by atoms with E-state index in [2.05, 4.69) is 17.1 Å². The molecule has 0 radical (unpaired) electrons. The van der Waals surface area contributed by atoms with Crippen LogP contribution in [0.3, 0.4) is 0 Å². The van der Waals surface area contributed by atoms with Crippen molar-refractivity contribution in [2.45, 2.75) is 5.75 Å². The van der Waals surface area contributed by atoms with Crippen LogP contribution in [0.2, 0.25) is 0 Å². The minimum atomic E-state index is 0.0358. The van der Waals surface area contributed by atoms with E-state index < -0.39 is 0 Å². The maximum Gasteiger partial charge on any atom is 0.260 e. The fraction of sp³-hybridized carbons (Fsp3) is 0.143. The molecule has 4 heteroatoms. The molecule has 0 saturated heterocycles. The van der Waals surface area contributed by atoms with Gasteiger partial charge in [0.15, 0.2) is 5.17 Å². The largest absolute Gasteiger partial charge is 0.286 e. The smallest absolute Gasteiger partial charge is 0.260 e. The number of carbonyl (C=O) groups excluding carboxylic acids is 1. The average molecular weight is 346 g/mol. The Hall–Kier alpha value is -2.59. The maximum absolute atomic E-state index is 13.1. The second-order valence-electron chi connectivity index (χ2n) is 5.92. The number of benzene rings is 3. The lowest BCUT2D eigenvalue weighted by Crippen LogP contribution is -2.33. The van der Waals surface area contributed by atoms with Crippen LogP contribution in [0.25, 0.3) is 10.8 Å². The number of nitrogens with zero attached hydrogens (tertiary/aromatic N) is 2. The van der Waals surface area contributed by atoms with Crippen molar-refractivity contribution in [3.63, 3.8) is 0 Å². The first kappa shape index (κ1) is 15.9. The molecule has 0 N–H and O–H groups in total. The fourth-order valence-corrected chi connectivity index (χ4v) is 4.02. The van der Waals surface area contributed by atoms with Crippen LogP contribution < -0.4 is 0 Å². The highest BCUT2D eigenvalue weighted by Crippen LogP contribution is 2.24. The highest BCUT2D eigenvalue weighted by atomic mass is 32.2. The monoisotopic (exact) mass is 346 g/mol. The van der Waals surface area contributed by atoms with Crippen LogP contribution in [0.5, 0.6) is 0 Å². The van der Waals surface area contributed by atoms with Crippen LogP contribution in [0.4, 0.5) is 0 Å². The van der Waals surface area contributed by atoms with Crippen molar-refractivity contribution in [2.75, 3.05) is 13.1 Å². The Kier molecular flexibility index (Phi) is 4.53. The number of rotatable bonds is 3. The third-order valence-electron chi connectivity index (χ3n) is 4.28. The Morgan fingerprint density at radius 2 is 1.72 bits per heavy atom. The normalized spacial score (nSPS) is 13.9. The average Bonchev–Trinajstić information content (AvgIpc) is 3.15. The van der Waals surface area contributed by atoms with Crippen molar-refractivity contribution in [1.82, 2.24) is 4.90 Å². The zero-order valence-corrected chi connectivity index (χ0v) is 14.6. The highest BCUT2D eigenvalue weighted by molar-refractivity contribution is 8.13. The number of amides is 1. The molecule has 4 rings (SSSR count). The first-order valence-corrected chi connectivity index (χ1v) is 9.32. The summed E-state index contributed by atoms with van der Waals surface area (Å²) < 4.78 is 0. The van der Waals surface area contributed by atoms with Gasteiger partial charge in [0.1, 0.15) is 0 Å². The molecule has 1 aliphatic heterocycles. The number of fused-ring (bicyclic) bond motifs is 1. The number of carbonyl (C=O) groups is 1. The summed E-state index contributed by atoms with van der Waals surface area (Å²) in [7, 11) is 0. The Balaban J connectivity index is 1.56. The summed E-state index contributed by atoms with van der Waals surface area (Å²) in [5.74, 6) is 0.854. The number of thioether (sulfide) groups is 1. The van der Waals surface area contributed by atoms with Gasteiger partial charge in [-0.3, -0.25) is 14.7 Å². The molecular formula is C21H18N2OS. The summed E-state index contributed by atoms with van der Waals surface area (Å²) in [6, 6.07) is 24.2. The van der Waals surface area contributed by atoms with E-state index >= 15 is 0 Å². The molecule has 1 heterocycles. The van der Waals surface area contributed by atoms with E-state index in [-0.39, 0.29) is 5.91 Å². The van der Waals surface area contributed by atoms with Gasteiger partial charge in [-0.2, -0.15) is 0 Å². The first-order chi connectivity index (χ1) is 12.3. The van der Waals surface area contributed by atoms with Gasteiger partial charge in [-0.1, -0.05) is 78.5 Å². The van der Waals surface area contributed by atoms with Crippen molar-refractivity contribution >= 4 is 33.6 Å². The van der Waals surface area contributed by atoms with Crippen molar-refractivity contribution < 1.29 is 4.79 Å². The Bertz CT molecular complexity index is 932. The zero-order valence-electron chi connectivity index (χ0n) is 13.8. The SMILES string of the molecule is O=C(c1cccc2ccccc12)N1CCN=C1SCc1ccccc1. The van der Waals surface area contributed by atoms with Crippen molar-refractivity contribution in [3.8, 4) is 0 Å². The molecule has 3 aromatic carbocycles. The summed E-state index contributed by atoms with van der Waals surface area (Å²) in [5, 5.41) is 2.90. The lowest BCUT2D eigenvalue weighted by molar-refractivity contribution is 0.0862. The molecule has 0 aliphatic carbocycles. The Labute approximate surface area is 151 Å². The quantitative estimate of drug-likeness (QED) is 0.695. The summed E-state index contributed by atoms with van der Waals surface area (Å²) >= 11 is 1.63. The van der Waals surface area contributed by atoms with Gasteiger partial charge in [-0.05, 0) is 22.4 Å². The van der Waals surface area contributed by atoms with Crippen LogP contribution in [0.15, 0.2) is 77.8 Å². The first-order valence-electron chi connectivity index (χ1n) is 8.34. The number of hydrogen-bond donors (Lipinski definition) is 0. The third kappa shape index (κ3) is 3.30. The van der Waals surface area contributed by atoms with E-state index in [9.17, 15) is 4.79 Å². The van der Waals surface area contributed by atoms with Gasteiger partial charge in [-0.15, -0.1) is 0 Å². The lowest BCUT2D eigenvalue weighted by Gasteiger charge is -2.19. The molecule has 0 atom stereocenters. The van der Waals surface area contributed by atoms with Crippen LogP contribution in [0.1, 0.15) is 15.9 Å². The summed E-state index contributed by atoms with van der Waals surface area (Å²) in [4.78, 5) is 19.5. The molecular weight excluding hydrogens is 328 g/mol. The van der Waals surface area contributed by atoms with Gasteiger partial charge < -0.3 is 0 Å². The summed E-state index contributed by atoms with van der Waals surface area (Å²) in [5.41, 5.74) is 1.98. The highest BCUT2D eigenvalue weighted by Gasteiger charge is 2.26. The number of amidine groups is 1. The molecule has 3 nitrogen and oxygen atoms in total. The standard InChI is InChI=1S/C21H18N2OS/c24-20(19-12-6-10-17-9-4-5-11-18(17)19)23-14-13-22-21(23)25-15-16-7-2-1-3-8-16/h1-12H,13-15H2. The number of aliphatic imine (C=N–C) groups is 1. The molecule has 1 aliphatic rings. The molecule has 0 aromatic heterocycles. The second kappa shape index (κ2) is 7.11. The van der Waals surface area contributed by atoms with E-state index in [1.165, 1.54) is 5.56 Å². The fourth-order valence-electron chi connectivity index (χ4n) is 3.02. The van der Waals surface area contributed by atoms with Gasteiger partial charge in [-0.25, -0.2) is 0 Å². The van der Waals surface area contributed by atoms with Gasteiger partial charge in [0.25, 0.3) is 5.91 Å². The van der Waals surface area contributed by atoms with Crippen molar-refractivity contribution in [1.29, 1.82) is 0 Å². The molecule has 0 bridgehead atoms. The molecule has 1 amide bonds. The van der Waals surface area contributed by atoms with E-state index in [0.29, 0.717) is 13.1 Å². The molecule has 25 heavy (non-hydrogen) atoms. The maximum atomic E-state index is 13.1. The lowest BCUT2D eigenvalue weighted by atomic mass is 10.0. The second-order valence-corrected chi connectivity index (χ2v) is 6.86. The predicted molar refractivity (Wildman–Crippen MR) is 105 cm³/mol. The van der Waals surface area contributed by atoms with Gasteiger partial charge in [0.2, 0.25) is 0 Å². The van der Waals surface area contributed by atoms with E-state index in [0.717, 1.165) is 27.3 Å². The van der Waals surface area contributed by atoms with E-state index in [4.69, 9.17) is 0 Å². The molecule has 3 aromatic rings. The van der Waals surface area contributed by atoms with Crippen molar-refractivity contribution in [3.05, 3.63) is 83.9 Å². The molecule has 0 fully saturated rings. The van der Waals surface area contributed by atoms with Crippen LogP contribution >= 0.6 is 11.8 Å². The van der Waals surface area contributed by atoms with Gasteiger partial charge in [0, 0.05) is 17.9 Å². The summed E-state index contributed by atoms with van der Waals surface area (Å²) in [6.45, 7) is 1.33. The van der Waals surface area contributed by atoms with Gasteiger partial charge in [0.05, 0.1) is 6.54 Å².